The van der Waals surface area contributed by atoms with E-state index in [0.717, 1.165) is 5.56 Å². The highest BCUT2D eigenvalue weighted by atomic mass is 35.5. The van der Waals surface area contributed by atoms with Gasteiger partial charge in [0.1, 0.15) is 5.75 Å². The SMILES string of the molecule is CCOC(=O)C(C#Cc1ccc(Cl)cc1)=Nc1ccc(OC)cc1. The summed E-state index contributed by atoms with van der Waals surface area (Å²) in [6.07, 6.45) is 0. The normalized spacial score (nSPS) is 10.5. The summed E-state index contributed by atoms with van der Waals surface area (Å²) in [6, 6.07) is 14.0. The van der Waals surface area contributed by atoms with Gasteiger partial charge in [-0.3, -0.25) is 0 Å². The maximum Gasteiger partial charge on any atom is 0.365 e. The molecule has 2 aromatic rings. The number of ether oxygens (including phenoxy) is 2. The zero-order valence-corrected chi connectivity index (χ0v) is 14.1. The number of halogens is 1. The predicted molar refractivity (Wildman–Crippen MR) is 95.1 cm³/mol. The Kier molecular flexibility index (Phi) is 6.41. The maximum absolute atomic E-state index is 12.0. The van der Waals surface area contributed by atoms with E-state index in [1.54, 1.807) is 62.6 Å². The van der Waals surface area contributed by atoms with Gasteiger partial charge in [0.15, 0.2) is 5.71 Å². The second kappa shape index (κ2) is 8.76. The van der Waals surface area contributed by atoms with Crippen LogP contribution in [0.2, 0.25) is 5.02 Å². The van der Waals surface area contributed by atoms with Gasteiger partial charge in [0.2, 0.25) is 0 Å². The molecule has 0 aromatic heterocycles. The molecule has 0 heterocycles. The van der Waals surface area contributed by atoms with Crippen molar-refractivity contribution in [3.05, 3.63) is 59.1 Å². The number of carbonyl (C=O) groups excluding carboxylic acids is 1. The van der Waals surface area contributed by atoms with Crippen molar-refractivity contribution in [1.29, 1.82) is 0 Å². The molecule has 0 spiro atoms. The van der Waals surface area contributed by atoms with Crippen LogP contribution in [0.15, 0.2) is 53.5 Å². The number of esters is 1. The molecule has 0 radical (unpaired) electrons. The molecule has 0 saturated heterocycles. The highest BCUT2D eigenvalue weighted by Gasteiger charge is 2.10. The van der Waals surface area contributed by atoms with Gasteiger partial charge in [-0.2, -0.15) is 0 Å². The first kappa shape index (κ1) is 17.6. The van der Waals surface area contributed by atoms with Gasteiger partial charge in [-0.25, -0.2) is 9.79 Å². The summed E-state index contributed by atoms with van der Waals surface area (Å²) in [6.45, 7) is 1.98. The first-order chi connectivity index (χ1) is 11.6. The monoisotopic (exact) mass is 341 g/mol. The van der Waals surface area contributed by atoms with Gasteiger partial charge in [-0.05, 0) is 61.4 Å². The Bertz CT molecular complexity index is 784. The molecule has 0 saturated carbocycles. The third-order valence-corrected chi connectivity index (χ3v) is 3.20. The number of benzene rings is 2. The minimum absolute atomic E-state index is 0.0389. The van der Waals surface area contributed by atoms with Crippen LogP contribution in [0.25, 0.3) is 0 Å². The number of carbonyl (C=O) groups is 1. The summed E-state index contributed by atoms with van der Waals surface area (Å²) in [5.41, 5.74) is 1.35. The zero-order chi connectivity index (χ0) is 17.4. The molecule has 0 N–H and O–H groups in total. The Balaban J connectivity index is 2.32. The molecule has 0 aliphatic heterocycles. The van der Waals surface area contributed by atoms with Crippen molar-refractivity contribution in [1.82, 2.24) is 0 Å². The number of nitrogens with zero attached hydrogens (tertiary/aromatic N) is 1. The number of rotatable bonds is 4. The van der Waals surface area contributed by atoms with E-state index in [1.165, 1.54) is 0 Å². The Morgan fingerprint density at radius 1 is 1.12 bits per heavy atom. The lowest BCUT2D eigenvalue weighted by molar-refractivity contribution is -0.134. The first-order valence-corrected chi connectivity index (χ1v) is 7.67. The molecular weight excluding hydrogens is 326 g/mol. The van der Waals surface area contributed by atoms with Crippen LogP contribution in [-0.2, 0) is 9.53 Å². The van der Waals surface area contributed by atoms with Crippen molar-refractivity contribution >= 4 is 29.0 Å². The van der Waals surface area contributed by atoms with Crippen LogP contribution >= 0.6 is 11.6 Å². The van der Waals surface area contributed by atoms with Crippen LogP contribution in [0.4, 0.5) is 5.69 Å². The van der Waals surface area contributed by atoms with Crippen LogP contribution in [0.5, 0.6) is 5.75 Å². The molecule has 0 amide bonds. The van der Waals surface area contributed by atoms with Gasteiger partial charge in [0.25, 0.3) is 0 Å². The van der Waals surface area contributed by atoms with E-state index in [2.05, 4.69) is 16.8 Å². The quantitative estimate of drug-likeness (QED) is 0.479. The molecule has 4 nitrogen and oxygen atoms in total. The average Bonchev–Trinajstić information content (AvgIpc) is 2.60. The average molecular weight is 342 g/mol. The minimum atomic E-state index is -0.560. The number of methoxy groups -OCH3 is 1. The summed E-state index contributed by atoms with van der Waals surface area (Å²) >= 11 is 5.84. The fraction of sp³-hybridized carbons (Fsp3) is 0.158. The summed E-state index contributed by atoms with van der Waals surface area (Å²) < 4.78 is 10.1. The highest BCUT2D eigenvalue weighted by molar-refractivity contribution is 6.44. The number of hydrogen-bond donors (Lipinski definition) is 0. The van der Waals surface area contributed by atoms with Gasteiger partial charge < -0.3 is 9.47 Å². The van der Waals surface area contributed by atoms with E-state index < -0.39 is 5.97 Å². The molecule has 0 atom stereocenters. The van der Waals surface area contributed by atoms with Gasteiger partial charge in [-0.15, -0.1) is 0 Å². The molecule has 0 bridgehead atoms. The van der Waals surface area contributed by atoms with Crippen molar-refractivity contribution in [3.8, 4) is 17.6 Å². The van der Waals surface area contributed by atoms with Gasteiger partial charge >= 0.3 is 5.97 Å². The molecule has 0 aliphatic carbocycles. The fourth-order valence-electron chi connectivity index (χ4n) is 1.77. The summed E-state index contributed by atoms with van der Waals surface area (Å²) in [4.78, 5) is 16.3. The van der Waals surface area contributed by atoms with Crippen LogP contribution in [-0.4, -0.2) is 25.4 Å². The van der Waals surface area contributed by atoms with E-state index in [0.29, 0.717) is 16.5 Å². The van der Waals surface area contributed by atoms with E-state index in [-0.39, 0.29) is 12.3 Å². The molecule has 0 fully saturated rings. The third-order valence-electron chi connectivity index (χ3n) is 2.95. The largest absolute Gasteiger partial charge is 0.497 e. The van der Waals surface area contributed by atoms with E-state index in [9.17, 15) is 4.79 Å². The van der Waals surface area contributed by atoms with Crippen molar-refractivity contribution in [2.75, 3.05) is 13.7 Å². The minimum Gasteiger partial charge on any atom is -0.497 e. The summed E-state index contributed by atoms with van der Waals surface area (Å²) in [7, 11) is 1.58. The number of hydrogen-bond acceptors (Lipinski definition) is 4. The molecule has 24 heavy (non-hydrogen) atoms. The molecule has 2 aromatic carbocycles. The Hall–Kier alpha value is -2.77. The smallest absolute Gasteiger partial charge is 0.365 e. The second-order valence-corrected chi connectivity index (χ2v) is 5.07. The predicted octanol–water partition coefficient (Wildman–Crippen LogP) is 4.04. The van der Waals surface area contributed by atoms with E-state index in [1.807, 2.05) is 0 Å². The van der Waals surface area contributed by atoms with Crippen molar-refractivity contribution in [3.63, 3.8) is 0 Å². The summed E-state index contributed by atoms with van der Waals surface area (Å²) in [5, 5.41) is 0.623. The molecule has 0 unspecified atom stereocenters. The van der Waals surface area contributed by atoms with Gasteiger partial charge in [0.05, 0.1) is 19.4 Å². The molecular formula is C19H16ClNO3. The zero-order valence-electron chi connectivity index (χ0n) is 13.4. The lowest BCUT2D eigenvalue weighted by Crippen LogP contribution is -2.15. The third kappa shape index (κ3) is 5.15. The fourth-order valence-corrected chi connectivity index (χ4v) is 1.90. The highest BCUT2D eigenvalue weighted by Crippen LogP contribution is 2.18. The van der Waals surface area contributed by atoms with Crippen LogP contribution < -0.4 is 4.74 Å². The van der Waals surface area contributed by atoms with Crippen LogP contribution in [0, 0.1) is 11.8 Å². The molecule has 0 aliphatic rings. The van der Waals surface area contributed by atoms with Crippen LogP contribution in [0.1, 0.15) is 12.5 Å². The lowest BCUT2D eigenvalue weighted by Gasteiger charge is -2.02. The Morgan fingerprint density at radius 2 is 1.79 bits per heavy atom. The van der Waals surface area contributed by atoms with Gasteiger partial charge in [-0.1, -0.05) is 17.5 Å². The van der Waals surface area contributed by atoms with Crippen molar-refractivity contribution in [2.24, 2.45) is 4.99 Å². The first-order valence-electron chi connectivity index (χ1n) is 7.30. The Labute approximate surface area is 146 Å². The lowest BCUT2D eigenvalue weighted by atomic mass is 10.2. The Morgan fingerprint density at radius 3 is 2.38 bits per heavy atom. The van der Waals surface area contributed by atoms with E-state index >= 15 is 0 Å². The van der Waals surface area contributed by atoms with Crippen molar-refractivity contribution < 1.29 is 14.3 Å². The topological polar surface area (TPSA) is 47.9 Å². The number of aliphatic imine (C=N–C) groups is 1. The van der Waals surface area contributed by atoms with Crippen molar-refractivity contribution in [2.45, 2.75) is 6.92 Å². The maximum atomic E-state index is 12.0. The molecule has 5 heteroatoms. The molecule has 2 rings (SSSR count). The summed E-state index contributed by atoms with van der Waals surface area (Å²) in [5.74, 6) is 5.80. The standard InChI is InChI=1S/C19H16ClNO3/c1-3-24-19(22)18(13-6-14-4-7-15(20)8-5-14)21-16-9-11-17(23-2)12-10-16/h4-5,7-12H,3H2,1-2H3. The molecule has 122 valence electrons. The van der Waals surface area contributed by atoms with Crippen LogP contribution in [0.3, 0.4) is 0 Å². The van der Waals surface area contributed by atoms with Gasteiger partial charge in [0, 0.05) is 10.6 Å². The van der Waals surface area contributed by atoms with E-state index in [4.69, 9.17) is 21.1 Å². The second-order valence-electron chi connectivity index (χ2n) is 4.64.